The van der Waals surface area contributed by atoms with Crippen molar-refractivity contribution in [3.63, 3.8) is 0 Å². The molecule has 0 heterocycles. The van der Waals surface area contributed by atoms with Crippen molar-refractivity contribution in [1.82, 2.24) is 0 Å². The fourth-order valence-corrected chi connectivity index (χ4v) is 0.636. The van der Waals surface area contributed by atoms with Gasteiger partial charge in [-0.1, -0.05) is 30.9 Å². The first-order valence-electron chi connectivity index (χ1n) is 3.26. The van der Waals surface area contributed by atoms with E-state index < -0.39 is 5.60 Å². The highest BCUT2D eigenvalue weighted by atomic mass is 16.3. The maximum absolute atomic E-state index is 9.44. The highest BCUT2D eigenvalue weighted by Gasteiger charge is 2.11. The van der Waals surface area contributed by atoms with Gasteiger partial charge in [0.2, 0.25) is 0 Å². The van der Waals surface area contributed by atoms with Gasteiger partial charge < -0.3 is 5.11 Å². The largest absolute Gasteiger partial charge is 0.386 e. The van der Waals surface area contributed by atoms with E-state index >= 15 is 0 Å². The van der Waals surface area contributed by atoms with E-state index in [9.17, 15) is 5.11 Å². The fourth-order valence-electron chi connectivity index (χ4n) is 0.636. The molecule has 0 unspecified atom stereocenters. The Morgan fingerprint density at radius 2 is 2.10 bits per heavy atom. The van der Waals surface area contributed by atoms with Gasteiger partial charge in [0.15, 0.2) is 0 Å². The molecule has 0 aromatic rings. The highest BCUT2D eigenvalue weighted by molar-refractivity contribution is 5.07. The molecule has 10 heavy (non-hydrogen) atoms. The monoisotopic (exact) mass is 138 g/mol. The Kier molecular flexibility index (Phi) is 3.74. The molecule has 1 atom stereocenters. The Morgan fingerprint density at radius 1 is 1.50 bits per heavy atom. The molecular weight excluding hydrogens is 124 g/mol. The van der Waals surface area contributed by atoms with Crippen molar-refractivity contribution in [1.29, 1.82) is 0 Å². The summed E-state index contributed by atoms with van der Waals surface area (Å²) in [5, 5.41) is 9.44. The van der Waals surface area contributed by atoms with E-state index in [-0.39, 0.29) is 0 Å². The van der Waals surface area contributed by atoms with E-state index in [1.54, 1.807) is 31.2 Å². The van der Waals surface area contributed by atoms with Crippen LogP contribution in [0.2, 0.25) is 0 Å². The van der Waals surface area contributed by atoms with Gasteiger partial charge in [-0.3, -0.25) is 0 Å². The predicted octanol–water partition coefficient (Wildman–Crippen LogP) is 2.06. The molecule has 0 amide bonds. The summed E-state index contributed by atoms with van der Waals surface area (Å²) in [6, 6.07) is 0. The van der Waals surface area contributed by atoms with Crippen molar-refractivity contribution in [2.45, 2.75) is 18.9 Å². The molecular formula is C9H14O. The first-order valence-corrected chi connectivity index (χ1v) is 3.26. The van der Waals surface area contributed by atoms with E-state index in [2.05, 4.69) is 13.2 Å². The van der Waals surface area contributed by atoms with Crippen LogP contribution in [0.5, 0.6) is 0 Å². The summed E-state index contributed by atoms with van der Waals surface area (Å²) in [6.07, 6.45) is 7.31. The van der Waals surface area contributed by atoms with Crippen LogP contribution >= 0.6 is 0 Å². The van der Waals surface area contributed by atoms with Gasteiger partial charge in [0.25, 0.3) is 0 Å². The molecule has 1 nitrogen and oxygen atoms in total. The van der Waals surface area contributed by atoms with E-state index in [4.69, 9.17) is 0 Å². The normalized spacial score (nSPS) is 16.6. The highest BCUT2D eigenvalue weighted by Crippen LogP contribution is 2.10. The SMILES string of the molecule is C=C/C=C\[C@@](C)(O)CC=C. The molecule has 0 aromatic heterocycles. The standard InChI is InChI=1S/C9H14O/c1-4-6-8-9(3,10)7-5-2/h4-6,8,10H,1-2,7H2,3H3/b8-6-/t9-/m0/s1. The summed E-state index contributed by atoms with van der Waals surface area (Å²) in [7, 11) is 0. The average Bonchev–Trinajstić information content (AvgIpc) is 1.84. The molecule has 1 N–H and O–H groups in total. The third-order valence-electron chi connectivity index (χ3n) is 1.15. The molecule has 0 aromatic carbocycles. The van der Waals surface area contributed by atoms with Gasteiger partial charge in [-0.15, -0.1) is 6.58 Å². The summed E-state index contributed by atoms with van der Waals surface area (Å²) in [5.74, 6) is 0. The van der Waals surface area contributed by atoms with E-state index in [0.29, 0.717) is 6.42 Å². The van der Waals surface area contributed by atoms with E-state index in [1.807, 2.05) is 0 Å². The number of hydrogen-bond donors (Lipinski definition) is 1. The molecule has 0 saturated carbocycles. The predicted molar refractivity (Wildman–Crippen MR) is 44.8 cm³/mol. The van der Waals surface area contributed by atoms with Crippen LogP contribution in [0.15, 0.2) is 37.5 Å². The molecule has 0 radical (unpaired) electrons. The zero-order valence-corrected chi connectivity index (χ0v) is 6.38. The average molecular weight is 138 g/mol. The Bertz CT molecular complexity index is 143. The molecule has 0 bridgehead atoms. The number of rotatable bonds is 4. The van der Waals surface area contributed by atoms with E-state index in [0.717, 1.165) is 0 Å². The smallest absolute Gasteiger partial charge is 0.0836 e. The lowest BCUT2D eigenvalue weighted by atomic mass is 10.0. The second-order valence-electron chi connectivity index (χ2n) is 2.44. The lowest BCUT2D eigenvalue weighted by molar-refractivity contribution is 0.115. The summed E-state index contributed by atoms with van der Waals surface area (Å²) in [4.78, 5) is 0. The van der Waals surface area contributed by atoms with Crippen LogP contribution in [-0.4, -0.2) is 10.7 Å². The maximum atomic E-state index is 9.44. The van der Waals surface area contributed by atoms with Crippen LogP contribution in [0.25, 0.3) is 0 Å². The molecule has 0 saturated heterocycles. The first kappa shape index (κ1) is 9.18. The zero-order valence-electron chi connectivity index (χ0n) is 6.38. The van der Waals surface area contributed by atoms with E-state index in [1.165, 1.54) is 0 Å². The van der Waals surface area contributed by atoms with Crippen LogP contribution in [0, 0.1) is 0 Å². The molecule has 1 heteroatoms. The van der Waals surface area contributed by atoms with Crippen molar-refractivity contribution in [2.24, 2.45) is 0 Å². The Balaban J connectivity index is 3.96. The van der Waals surface area contributed by atoms with Gasteiger partial charge in [0.05, 0.1) is 5.60 Å². The van der Waals surface area contributed by atoms with Gasteiger partial charge in [-0.2, -0.15) is 0 Å². The van der Waals surface area contributed by atoms with Gasteiger partial charge in [0.1, 0.15) is 0 Å². The second kappa shape index (κ2) is 4.07. The van der Waals surface area contributed by atoms with Crippen molar-refractivity contribution in [2.75, 3.05) is 0 Å². The molecule has 0 fully saturated rings. The number of hydrogen-bond acceptors (Lipinski definition) is 1. The second-order valence-corrected chi connectivity index (χ2v) is 2.44. The third kappa shape index (κ3) is 4.10. The minimum Gasteiger partial charge on any atom is -0.386 e. The van der Waals surface area contributed by atoms with Crippen LogP contribution < -0.4 is 0 Å². The summed E-state index contributed by atoms with van der Waals surface area (Å²) >= 11 is 0. The van der Waals surface area contributed by atoms with Gasteiger partial charge in [-0.05, 0) is 13.3 Å². The molecule has 0 aliphatic heterocycles. The number of aliphatic hydroxyl groups is 1. The fraction of sp³-hybridized carbons (Fsp3) is 0.333. The Morgan fingerprint density at radius 3 is 2.50 bits per heavy atom. The molecule has 0 spiro atoms. The van der Waals surface area contributed by atoms with Crippen LogP contribution in [0.3, 0.4) is 0 Å². The molecule has 0 aliphatic carbocycles. The van der Waals surface area contributed by atoms with Gasteiger partial charge in [-0.25, -0.2) is 0 Å². The van der Waals surface area contributed by atoms with Crippen LogP contribution in [0.4, 0.5) is 0 Å². The third-order valence-corrected chi connectivity index (χ3v) is 1.15. The minimum atomic E-state index is -0.768. The van der Waals surface area contributed by atoms with Crippen LogP contribution in [-0.2, 0) is 0 Å². The molecule has 56 valence electrons. The topological polar surface area (TPSA) is 20.2 Å². The van der Waals surface area contributed by atoms with Crippen molar-refractivity contribution in [3.05, 3.63) is 37.5 Å². The van der Waals surface area contributed by atoms with Gasteiger partial charge in [0, 0.05) is 0 Å². The molecule has 0 aliphatic rings. The lowest BCUT2D eigenvalue weighted by Crippen LogP contribution is -2.18. The zero-order chi connectivity index (χ0) is 8.04. The lowest BCUT2D eigenvalue weighted by Gasteiger charge is -2.15. The molecule has 0 rings (SSSR count). The Labute approximate surface area is 62.4 Å². The van der Waals surface area contributed by atoms with Crippen molar-refractivity contribution >= 4 is 0 Å². The van der Waals surface area contributed by atoms with Crippen molar-refractivity contribution in [3.8, 4) is 0 Å². The summed E-state index contributed by atoms with van der Waals surface area (Å²) in [6.45, 7) is 8.77. The van der Waals surface area contributed by atoms with Gasteiger partial charge >= 0.3 is 0 Å². The first-order chi connectivity index (χ1) is 4.62. The maximum Gasteiger partial charge on any atom is 0.0836 e. The summed E-state index contributed by atoms with van der Waals surface area (Å²) in [5.41, 5.74) is -0.768. The Hall–Kier alpha value is -0.820. The minimum absolute atomic E-state index is 0.567. The quantitative estimate of drug-likeness (QED) is 0.465. The summed E-state index contributed by atoms with van der Waals surface area (Å²) < 4.78 is 0. The van der Waals surface area contributed by atoms with Crippen LogP contribution in [0.1, 0.15) is 13.3 Å². The number of allylic oxidation sites excluding steroid dienone is 2. The van der Waals surface area contributed by atoms with Crippen molar-refractivity contribution < 1.29 is 5.11 Å².